The standard InChI is InChI=1S/C16H17F2NS/c1-10-4-9-13(15(18)14(10)17)16(19-2)11-5-7-12(20-3)8-6-11/h4-9,16,19H,1-3H3. The molecule has 20 heavy (non-hydrogen) atoms. The molecule has 0 heterocycles. The Kier molecular flexibility index (Phi) is 4.78. The summed E-state index contributed by atoms with van der Waals surface area (Å²) >= 11 is 1.65. The normalized spacial score (nSPS) is 12.4. The highest BCUT2D eigenvalue weighted by Crippen LogP contribution is 2.28. The smallest absolute Gasteiger partial charge is 0.164 e. The maximum absolute atomic E-state index is 14.1. The van der Waals surface area contributed by atoms with Gasteiger partial charge in [0.25, 0.3) is 0 Å². The van der Waals surface area contributed by atoms with E-state index < -0.39 is 11.6 Å². The van der Waals surface area contributed by atoms with Crippen molar-refractivity contribution < 1.29 is 8.78 Å². The molecule has 106 valence electrons. The van der Waals surface area contributed by atoms with Gasteiger partial charge in [-0.1, -0.05) is 24.3 Å². The number of rotatable bonds is 4. The van der Waals surface area contributed by atoms with Crippen molar-refractivity contribution in [3.63, 3.8) is 0 Å². The van der Waals surface area contributed by atoms with Crippen LogP contribution in [0.15, 0.2) is 41.3 Å². The molecule has 0 aliphatic carbocycles. The van der Waals surface area contributed by atoms with Crippen molar-refractivity contribution in [3.05, 3.63) is 64.7 Å². The van der Waals surface area contributed by atoms with E-state index in [0.717, 1.165) is 10.5 Å². The predicted molar refractivity (Wildman–Crippen MR) is 80.2 cm³/mol. The van der Waals surface area contributed by atoms with Gasteiger partial charge in [0.2, 0.25) is 0 Å². The van der Waals surface area contributed by atoms with Crippen molar-refractivity contribution in [2.24, 2.45) is 0 Å². The Bertz CT molecular complexity index is 596. The van der Waals surface area contributed by atoms with E-state index >= 15 is 0 Å². The van der Waals surface area contributed by atoms with Crippen molar-refractivity contribution in [3.8, 4) is 0 Å². The summed E-state index contributed by atoms with van der Waals surface area (Å²) in [7, 11) is 1.74. The van der Waals surface area contributed by atoms with Crippen molar-refractivity contribution in [1.29, 1.82) is 0 Å². The van der Waals surface area contributed by atoms with Gasteiger partial charge in [-0.25, -0.2) is 8.78 Å². The van der Waals surface area contributed by atoms with Gasteiger partial charge in [0.05, 0.1) is 6.04 Å². The van der Waals surface area contributed by atoms with Crippen LogP contribution in [0.2, 0.25) is 0 Å². The lowest BCUT2D eigenvalue weighted by atomic mass is 9.97. The Balaban J connectivity index is 2.44. The topological polar surface area (TPSA) is 12.0 Å². The third kappa shape index (κ3) is 2.86. The molecule has 1 nitrogen and oxygen atoms in total. The van der Waals surface area contributed by atoms with Gasteiger partial charge in [-0.05, 0) is 43.5 Å². The fourth-order valence-corrected chi connectivity index (χ4v) is 2.59. The molecule has 0 spiro atoms. The van der Waals surface area contributed by atoms with E-state index in [-0.39, 0.29) is 6.04 Å². The molecule has 0 amide bonds. The predicted octanol–water partition coefficient (Wildman–Crippen LogP) is 4.30. The second-order valence-corrected chi connectivity index (χ2v) is 5.47. The number of benzene rings is 2. The molecular weight excluding hydrogens is 276 g/mol. The summed E-state index contributed by atoms with van der Waals surface area (Å²) in [6.07, 6.45) is 2.00. The average Bonchev–Trinajstić information content (AvgIpc) is 2.48. The summed E-state index contributed by atoms with van der Waals surface area (Å²) in [6, 6.07) is 10.7. The van der Waals surface area contributed by atoms with E-state index in [2.05, 4.69) is 5.32 Å². The Hall–Kier alpha value is -1.39. The number of halogens is 2. The van der Waals surface area contributed by atoms with Crippen molar-refractivity contribution in [2.45, 2.75) is 17.9 Å². The first-order chi connectivity index (χ1) is 9.58. The lowest BCUT2D eigenvalue weighted by Crippen LogP contribution is -2.19. The highest BCUT2D eigenvalue weighted by molar-refractivity contribution is 7.98. The second kappa shape index (κ2) is 6.37. The van der Waals surface area contributed by atoms with Gasteiger partial charge in [0.15, 0.2) is 11.6 Å². The molecule has 1 unspecified atom stereocenters. The highest BCUT2D eigenvalue weighted by atomic mass is 32.2. The largest absolute Gasteiger partial charge is 0.309 e. The van der Waals surface area contributed by atoms with Crippen LogP contribution < -0.4 is 5.32 Å². The zero-order valence-corrected chi connectivity index (χ0v) is 12.5. The average molecular weight is 293 g/mol. The molecular formula is C16H17F2NS. The molecule has 2 rings (SSSR count). The summed E-state index contributed by atoms with van der Waals surface area (Å²) in [4.78, 5) is 1.14. The zero-order valence-electron chi connectivity index (χ0n) is 11.7. The van der Waals surface area contributed by atoms with Crippen molar-refractivity contribution in [2.75, 3.05) is 13.3 Å². The summed E-state index contributed by atoms with van der Waals surface area (Å²) in [5, 5.41) is 3.05. The minimum Gasteiger partial charge on any atom is -0.309 e. The summed E-state index contributed by atoms with van der Waals surface area (Å²) in [5.74, 6) is -1.55. The van der Waals surface area contributed by atoms with E-state index in [1.807, 2.05) is 30.5 Å². The quantitative estimate of drug-likeness (QED) is 0.843. The van der Waals surface area contributed by atoms with Crippen LogP contribution in [0.1, 0.15) is 22.7 Å². The lowest BCUT2D eigenvalue weighted by Gasteiger charge is -2.19. The molecule has 0 aliphatic heterocycles. The Morgan fingerprint density at radius 3 is 2.20 bits per heavy atom. The van der Waals surface area contributed by atoms with Gasteiger partial charge in [0.1, 0.15) is 0 Å². The van der Waals surface area contributed by atoms with Crippen LogP contribution in [-0.2, 0) is 0 Å². The van der Waals surface area contributed by atoms with Crippen LogP contribution in [0.4, 0.5) is 8.78 Å². The maximum atomic E-state index is 14.1. The van der Waals surface area contributed by atoms with Crippen molar-refractivity contribution >= 4 is 11.8 Å². The maximum Gasteiger partial charge on any atom is 0.164 e. The molecule has 0 aliphatic rings. The molecule has 0 bridgehead atoms. The molecule has 0 saturated heterocycles. The van der Waals surface area contributed by atoms with Crippen LogP contribution in [-0.4, -0.2) is 13.3 Å². The summed E-state index contributed by atoms with van der Waals surface area (Å²) < 4.78 is 27.8. The number of aryl methyl sites for hydroxylation is 1. The number of nitrogens with one attached hydrogen (secondary N) is 1. The zero-order chi connectivity index (χ0) is 14.7. The van der Waals surface area contributed by atoms with E-state index in [1.54, 1.807) is 37.9 Å². The minimum atomic E-state index is -0.779. The molecule has 0 saturated carbocycles. The first-order valence-corrected chi connectivity index (χ1v) is 7.56. The van der Waals surface area contributed by atoms with Gasteiger partial charge in [-0.2, -0.15) is 0 Å². The summed E-state index contributed by atoms with van der Waals surface area (Å²) in [6.45, 7) is 1.56. The molecule has 0 aromatic heterocycles. The van der Waals surface area contributed by atoms with E-state index in [9.17, 15) is 8.78 Å². The van der Waals surface area contributed by atoms with Crippen molar-refractivity contribution in [1.82, 2.24) is 5.32 Å². The fourth-order valence-electron chi connectivity index (χ4n) is 2.18. The number of hydrogen-bond donors (Lipinski definition) is 1. The number of hydrogen-bond acceptors (Lipinski definition) is 2. The second-order valence-electron chi connectivity index (χ2n) is 4.59. The summed E-state index contributed by atoms with van der Waals surface area (Å²) in [5.41, 5.74) is 1.55. The molecule has 0 fully saturated rings. The van der Waals surface area contributed by atoms with E-state index in [1.165, 1.54) is 0 Å². The lowest BCUT2D eigenvalue weighted by molar-refractivity contribution is 0.482. The first kappa shape index (κ1) is 15.0. The molecule has 4 heteroatoms. The Morgan fingerprint density at radius 2 is 1.65 bits per heavy atom. The molecule has 2 aromatic carbocycles. The first-order valence-electron chi connectivity index (χ1n) is 6.34. The monoisotopic (exact) mass is 293 g/mol. The molecule has 1 N–H and O–H groups in total. The molecule has 0 radical (unpaired) electrons. The van der Waals surface area contributed by atoms with Crippen LogP contribution in [0, 0.1) is 18.6 Å². The van der Waals surface area contributed by atoms with Gasteiger partial charge < -0.3 is 5.32 Å². The van der Waals surface area contributed by atoms with Crippen LogP contribution in [0.25, 0.3) is 0 Å². The third-order valence-corrected chi connectivity index (χ3v) is 4.10. The van der Waals surface area contributed by atoms with E-state index in [4.69, 9.17) is 0 Å². The Morgan fingerprint density at radius 1 is 1.00 bits per heavy atom. The van der Waals surface area contributed by atoms with Crippen LogP contribution >= 0.6 is 11.8 Å². The molecule has 1 atom stereocenters. The fraction of sp³-hybridized carbons (Fsp3) is 0.250. The highest BCUT2D eigenvalue weighted by Gasteiger charge is 2.19. The van der Waals surface area contributed by atoms with Gasteiger partial charge in [-0.15, -0.1) is 11.8 Å². The Labute approximate surface area is 122 Å². The SMILES string of the molecule is CNC(c1ccc(SC)cc1)c1ccc(C)c(F)c1F. The van der Waals surface area contributed by atoms with Gasteiger partial charge in [-0.3, -0.25) is 0 Å². The number of thioether (sulfide) groups is 1. The van der Waals surface area contributed by atoms with Crippen LogP contribution in [0.3, 0.4) is 0 Å². The van der Waals surface area contributed by atoms with E-state index in [0.29, 0.717) is 11.1 Å². The van der Waals surface area contributed by atoms with Gasteiger partial charge >= 0.3 is 0 Å². The van der Waals surface area contributed by atoms with Gasteiger partial charge in [0, 0.05) is 10.5 Å². The molecule has 2 aromatic rings. The van der Waals surface area contributed by atoms with Crippen LogP contribution in [0.5, 0.6) is 0 Å². The third-order valence-electron chi connectivity index (χ3n) is 3.35. The minimum absolute atomic E-state index is 0.318.